The Morgan fingerprint density at radius 3 is 2.57 bits per heavy atom. The molecule has 1 amide bonds. The molecule has 0 aliphatic rings. The number of benzene rings is 1. The summed E-state index contributed by atoms with van der Waals surface area (Å²) in [5.74, 6) is -0.709. The third-order valence-corrected chi connectivity index (χ3v) is 3.15. The van der Waals surface area contributed by atoms with E-state index in [-0.39, 0.29) is 6.54 Å². The summed E-state index contributed by atoms with van der Waals surface area (Å²) in [6.07, 6.45) is -3.31. The van der Waals surface area contributed by atoms with E-state index in [1.165, 1.54) is 10.9 Å². The molecule has 23 heavy (non-hydrogen) atoms. The molecule has 1 heterocycles. The molecule has 1 atom stereocenters. The van der Waals surface area contributed by atoms with Crippen molar-refractivity contribution in [3.63, 3.8) is 0 Å². The van der Waals surface area contributed by atoms with E-state index in [4.69, 9.17) is 0 Å². The van der Waals surface area contributed by atoms with Crippen LogP contribution < -0.4 is 5.32 Å². The fourth-order valence-electron chi connectivity index (χ4n) is 1.69. The predicted molar refractivity (Wildman–Crippen MR) is 75.1 cm³/mol. The van der Waals surface area contributed by atoms with Crippen LogP contribution in [0.25, 0.3) is 11.3 Å². The number of aromatic nitrogens is 3. The first-order chi connectivity index (χ1) is 10.7. The molecule has 0 fully saturated rings. The Balaban J connectivity index is 1.93. The number of aliphatic hydroxyl groups is 1. The summed E-state index contributed by atoms with van der Waals surface area (Å²) in [6.45, 7) is -0.639. The number of nitrogens with zero attached hydrogens (tertiary/aromatic N) is 3. The van der Waals surface area contributed by atoms with Crippen LogP contribution in [0.2, 0.25) is 0 Å². The molecule has 1 unspecified atom stereocenters. The smallest absolute Gasteiger partial charge is 0.379 e. The molecule has 0 radical (unpaired) electrons. The van der Waals surface area contributed by atoms with Crippen molar-refractivity contribution in [2.24, 2.45) is 0 Å². The van der Waals surface area contributed by atoms with Crippen LogP contribution in [-0.2, 0) is 11.3 Å². The van der Waals surface area contributed by atoms with Gasteiger partial charge in [-0.1, -0.05) is 35.5 Å². The molecule has 2 aromatic rings. The van der Waals surface area contributed by atoms with Crippen LogP contribution >= 0.6 is 0 Å². The van der Waals surface area contributed by atoms with Gasteiger partial charge < -0.3 is 10.4 Å². The van der Waals surface area contributed by atoms with E-state index in [0.717, 1.165) is 5.56 Å². The molecule has 1 aromatic carbocycles. The van der Waals surface area contributed by atoms with Crippen LogP contribution in [0.4, 0.5) is 13.2 Å². The Bertz CT molecular complexity index is 668. The molecule has 0 aliphatic heterocycles. The highest BCUT2D eigenvalue weighted by molar-refractivity contribution is 5.75. The van der Waals surface area contributed by atoms with E-state index in [2.05, 4.69) is 10.3 Å². The summed E-state index contributed by atoms with van der Waals surface area (Å²) in [4.78, 5) is 11.7. The zero-order chi connectivity index (χ0) is 17.1. The van der Waals surface area contributed by atoms with Gasteiger partial charge in [0.15, 0.2) is 5.60 Å². The normalized spacial score (nSPS) is 14.3. The van der Waals surface area contributed by atoms with Gasteiger partial charge in [0.05, 0.1) is 12.7 Å². The zero-order valence-electron chi connectivity index (χ0n) is 12.2. The van der Waals surface area contributed by atoms with Gasteiger partial charge in [0.1, 0.15) is 12.2 Å². The fourth-order valence-corrected chi connectivity index (χ4v) is 1.69. The van der Waals surface area contributed by atoms with Gasteiger partial charge in [-0.2, -0.15) is 13.2 Å². The number of rotatable bonds is 5. The number of alkyl halides is 3. The Morgan fingerprint density at radius 1 is 1.30 bits per heavy atom. The number of halogens is 3. The van der Waals surface area contributed by atoms with Crippen molar-refractivity contribution in [3.05, 3.63) is 36.5 Å². The van der Waals surface area contributed by atoms with Crippen LogP contribution in [0.3, 0.4) is 0 Å². The maximum Gasteiger partial charge on any atom is 0.418 e. The zero-order valence-corrected chi connectivity index (χ0v) is 12.2. The van der Waals surface area contributed by atoms with E-state index in [1.54, 1.807) is 0 Å². The van der Waals surface area contributed by atoms with E-state index in [1.807, 2.05) is 35.6 Å². The van der Waals surface area contributed by atoms with Gasteiger partial charge in [-0.3, -0.25) is 4.79 Å². The Kier molecular flexibility index (Phi) is 4.69. The number of nitrogens with one attached hydrogen (secondary N) is 1. The first-order valence-corrected chi connectivity index (χ1v) is 6.70. The van der Waals surface area contributed by atoms with Crippen LogP contribution in [0.15, 0.2) is 36.5 Å². The topological polar surface area (TPSA) is 80.0 Å². The maximum atomic E-state index is 12.5. The van der Waals surface area contributed by atoms with Crippen molar-refractivity contribution in [2.45, 2.75) is 25.2 Å². The first kappa shape index (κ1) is 16.9. The van der Waals surface area contributed by atoms with Crippen molar-refractivity contribution < 1.29 is 23.1 Å². The van der Waals surface area contributed by atoms with Crippen LogP contribution in [0.5, 0.6) is 0 Å². The van der Waals surface area contributed by atoms with Gasteiger partial charge in [-0.25, -0.2) is 4.68 Å². The molecule has 2 rings (SSSR count). The second-order valence-corrected chi connectivity index (χ2v) is 5.22. The largest absolute Gasteiger partial charge is 0.418 e. The Labute approximate surface area is 129 Å². The SMILES string of the molecule is CC(O)(CNC(=O)Cn1cc(-c2ccccc2)nn1)C(F)(F)F. The van der Waals surface area contributed by atoms with Crippen molar-refractivity contribution in [3.8, 4) is 11.3 Å². The molecular weight excluding hydrogens is 313 g/mol. The second kappa shape index (κ2) is 6.37. The third-order valence-electron chi connectivity index (χ3n) is 3.15. The van der Waals surface area contributed by atoms with Gasteiger partial charge >= 0.3 is 6.18 Å². The number of carbonyl (C=O) groups excluding carboxylic acids is 1. The van der Waals surface area contributed by atoms with Gasteiger partial charge in [-0.05, 0) is 6.92 Å². The van der Waals surface area contributed by atoms with Crippen molar-refractivity contribution in [1.29, 1.82) is 0 Å². The van der Waals surface area contributed by atoms with E-state index in [9.17, 15) is 23.1 Å². The quantitative estimate of drug-likeness (QED) is 0.869. The van der Waals surface area contributed by atoms with Gasteiger partial charge in [0.25, 0.3) is 0 Å². The molecule has 2 N–H and O–H groups in total. The van der Waals surface area contributed by atoms with Crippen LogP contribution in [-0.4, -0.2) is 44.3 Å². The van der Waals surface area contributed by atoms with Crippen molar-refractivity contribution >= 4 is 5.91 Å². The van der Waals surface area contributed by atoms with Gasteiger partial charge in [0, 0.05) is 5.56 Å². The highest BCUT2D eigenvalue weighted by atomic mass is 19.4. The number of carbonyl (C=O) groups is 1. The highest BCUT2D eigenvalue weighted by Gasteiger charge is 2.49. The lowest BCUT2D eigenvalue weighted by Gasteiger charge is -2.26. The summed E-state index contributed by atoms with van der Waals surface area (Å²) < 4.78 is 38.6. The standard InChI is InChI=1S/C14H15F3N4O2/c1-13(23,14(15,16)17)9-18-12(22)8-21-7-11(19-20-21)10-5-3-2-4-6-10/h2-7,23H,8-9H2,1H3,(H,18,22). The van der Waals surface area contributed by atoms with Crippen molar-refractivity contribution in [2.75, 3.05) is 6.54 Å². The maximum absolute atomic E-state index is 12.5. The van der Waals surface area contributed by atoms with E-state index >= 15 is 0 Å². The molecule has 0 bridgehead atoms. The molecule has 0 spiro atoms. The molecule has 6 nitrogen and oxygen atoms in total. The summed E-state index contributed by atoms with van der Waals surface area (Å²) >= 11 is 0. The average Bonchev–Trinajstić information content (AvgIpc) is 2.93. The van der Waals surface area contributed by atoms with E-state index in [0.29, 0.717) is 12.6 Å². The first-order valence-electron chi connectivity index (χ1n) is 6.70. The third kappa shape index (κ3) is 4.28. The molecule has 0 saturated heterocycles. The van der Waals surface area contributed by atoms with Gasteiger partial charge in [0.2, 0.25) is 5.91 Å². The molecule has 0 aliphatic carbocycles. The van der Waals surface area contributed by atoms with Crippen LogP contribution in [0.1, 0.15) is 6.92 Å². The molecule has 1 aromatic heterocycles. The molecule has 0 saturated carbocycles. The average molecular weight is 328 g/mol. The van der Waals surface area contributed by atoms with E-state index < -0.39 is 24.2 Å². The summed E-state index contributed by atoms with van der Waals surface area (Å²) in [5, 5.41) is 18.9. The van der Waals surface area contributed by atoms with Gasteiger partial charge in [-0.15, -0.1) is 5.10 Å². The summed E-state index contributed by atoms with van der Waals surface area (Å²) in [5.41, 5.74) is -1.64. The predicted octanol–water partition coefficient (Wildman–Crippen LogP) is 1.37. The summed E-state index contributed by atoms with van der Waals surface area (Å²) in [7, 11) is 0. The number of hydrogen-bond acceptors (Lipinski definition) is 4. The minimum absolute atomic E-state index is 0.298. The Morgan fingerprint density at radius 2 is 1.96 bits per heavy atom. The lowest BCUT2D eigenvalue weighted by molar-refractivity contribution is -0.250. The fraction of sp³-hybridized carbons (Fsp3) is 0.357. The monoisotopic (exact) mass is 328 g/mol. The Hall–Kier alpha value is -2.42. The highest BCUT2D eigenvalue weighted by Crippen LogP contribution is 2.29. The second-order valence-electron chi connectivity index (χ2n) is 5.22. The minimum Gasteiger partial charge on any atom is -0.379 e. The molecule has 124 valence electrons. The lowest BCUT2D eigenvalue weighted by atomic mass is 10.1. The number of hydrogen-bond donors (Lipinski definition) is 2. The molecular formula is C14H15F3N4O2. The lowest BCUT2D eigenvalue weighted by Crippen LogP contribution is -2.51. The molecule has 9 heteroatoms. The minimum atomic E-state index is -4.83. The van der Waals surface area contributed by atoms with Crippen molar-refractivity contribution in [1.82, 2.24) is 20.3 Å². The number of amides is 1. The summed E-state index contributed by atoms with van der Waals surface area (Å²) in [6, 6.07) is 9.11. The van der Waals surface area contributed by atoms with Crippen LogP contribution in [0, 0.1) is 0 Å².